The van der Waals surface area contributed by atoms with Gasteiger partial charge in [0.1, 0.15) is 0 Å². The second-order valence-electron chi connectivity index (χ2n) is 6.16. The summed E-state index contributed by atoms with van der Waals surface area (Å²) in [4.78, 5) is 5.16. The molecule has 3 rings (SSSR count). The molecule has 4 heteroatoms. The van der Waals surface area contributed by atoms with E-state index in [4.69, 9.17) is 5.26 Å². The number of nitrogens with one attached hydrogen (secondary N) is 1. The largest absolute Gasteiger partial charge is 0.304 e. The zero-order valence-corrected chi connectivity index (χ0v) is 12.8. The minimum absolute atomic E-state index is 0.426. The molecule has 2 aliphatic rings. The Morgan fingerprint density at radius 2 is 2.00 bits per heavy atom. The third kappa shape index (κ3) is 3.26. The molecule has 4 nitrogen and oxygen atoms in total. The average molecular weight is 284 g/mol. The highest BCUT2D eigenvalue weighted by molar-refractivity contribution is 5.31. The molecule has 1 atom stereocenters. The molecule has 21 heavy (non-hydrogen) atoms. The summed E-state index contributed by atoms with van der Waals surface area (Å²) in [7, 11) is 2.06. The normalized spacial score (nSPS) is 24.5. The maximum absolute atomic E-state index is 8.86. The zero-order valence-electron chi connectivity index (χ0n) is 12.8. The van der Waals surface area contributed by atoms with E-state index in [1.54, 1.807) is 0 Å². The van der Waals surface area contributed by atoms with E-state index in [2.05, 4.69) is 40.4 Å². The molecule has 112 valence electrons. The van der Waals surface area contributed by atoms with Crippen LogP contribution in [0.15, 0.2) is 24.3 Å². The molecule has 1 aromatic rings. The standard InChI is InChI=1S/C17H24N4/c1-19-17-13-20(16-3-2-4-16)9-10-21(17)12-15-7-5-14(11-18)6-8-15/h5-8,16-17,19H,2-4,9-10,12-13H2,1H3. The van der Waals surface area contributed by atoms with E-state index in [1.165, 1.54) is 31.4 Å². The van der Waals surface area contributed by atoms with Crippen LogP contribution in [-0.2, 0) is 6.54 Å². The molecule has 1 aliphatic heterocycles. The van der Waals surface area contributed by atoms with Crippen molar-refractivity contribution in [3.05, 3.63) is 35.4 Å². The third-order valence-electron chi connectivity index (χ3n) is 4.92. The number of likely N-dealkylation sites (N-methyl/N-ethyl adjacent to an activating group) is 1. The van der Waals surface area contributed by atoms with Gasteiger partial charge in [-0.05, 0) is 37.6 Å². The van der Waals surface area contributed by atoms with E-state index in [0.717, 1.165) is 31.2 Å². The van der Waals surface area contributed by atoms with Crippen LogP contribution in [-0.4, -0.2) is 48.7 Å². The highest BCUT2D eigenvalue weighted by Gasteiger charge is 2.32. The second kappa shape index (κ2) is 6.57. The van der Waals surface area contributed by atoms with Crippen LogP contribution >= 0.6 is 0 Å². The van der Waals surface area contributed by atoms with E-state index in [1.807, 2.05) is 12.1 Å². The molecule has 2 fully saturated rings. The van der Waals surface area contributed by atoms with Crippen molar-refractivity contribution in [1.29, 1.82) is 5.26 Å². The van der Waals surface area contributed by atoms with Crippen molar-refractivity contribution in [2.24, 2.45) is 0 Å². The van der Waals surface area contributed by atoms with Gasteiger partial charge in [-0.2, -0.15) is 5.26 Å². The molecule has 0 spiro atoms. The fourth-order valence-corrected chi connectivity index (χ4v) is 3.31. The van der Waals surface area contributed by atoms with Crippen molar-refractivity contribution >= 4 is 0 Å². The number of nitriles is 1. The molecule has 1 saturated heterocycles. The molecule has 1 heterocycles. The maximum atomic E-state index is 8.86. The number of benzene rings is 1. The van der Waals surface area contributed by atoms with Gasteiger partial charge >= 0.3 is 0 Å². The summed E-state index contributed by atoms with van der Waals surface area (Å²) < 4.78 is 0. The number of rotatable bonds is 4. The van der Waals surface area contributed by atoms with Crippen molar-refractivity contribution in [1.82, 2.24) is 15.1 Å². The fourth-order valence-electron chi connectivity index (χ4n) is 3.31. The van der Waals surface area contributed by atoms with E-state index in [-0.39, 0.29) is 0 Å². The first-order valence-corrected chi connectivity index (χ1v) is 7.94. The molecule has 1 aliphatic carbocycles. The summed E-state index contributed by atoms with van der Waals surface area (Å²) >= 11 is 0. The van der Waals surface area contributed by atoms with Crippen LogP contribution in [0.1, 0.15) is 30.4 Å². The van der Waals surface area contributed by atoms with Gasteiger partial charge < -0.3 is 5.32 Å². The highest BCUT2D eigenvalue weighted by Crippen LogP contribution is 2.26. The van der Waals surface area contributed by atoms with Gasteiger partial charge in [0.05, 0.1) is 17.8 Å². The molecule has 0 aromatic heterocycles. The van der Waals surface area contributed by atoms with Gasteiger partial charge in [0.15, 0.2) is 0 Å². The van der Waals surface area contributed by atoms with Crippen LogP contribution in [0.4, 0.5) is 0 Å². The fraction of sp³-hybridized carbons (Fsp3) is 0.588. The minimum atomic E-state index is 0.426. The lowest BCUT2D eigenvalue weighted by atomic mass is 9.91. The predicted molar refractivity (Wildman–Crippen MR) is 83.6 cm³/mol. The summed E-state index contributed by atoms with van der Waals surface area (Å²) in [5, 5.41) is 12.3. The number of hydrogen-bond donors (Lipinski definition) is 1. The van der Waals surface area contributed by atoms with Gasteiger partial charge in [-0.3, -0.25) is 9.80 Å². The Morgan fingerprint density at radius 3 is 2.57 bits per heavy atom. The van der Waals surface area contributed by atoms with E-state index < -0.39 is 0 Å². The molecule has 1 aromatic carbocycles. The lowest BCUT2D eigenvalue weighted by Gasteiger charge is -2.47. The van der Waals surface area contributed by atoms with Crippen LogP contribution in [0.25, 0.3) is 0 Å². The Balaban J connectivity index is 1.60. The molecule has 0 amide bonds. The van der Waals surface area contributed by atoms with Crippen LogP contribution in [0.2, 0.25) is 0 Å². The molecular formula is C17H24N4. The first kappa shape index (κ1) is 14.5. The summed E-state index contributed by atoms with van der Waals surface area (Å²) in [5.74, 6) is 0. The monoisotopic (exact) mass is 284 g/mol. The summed E-state index contributed by atoms with van der Waals surface area (Å²) in [6, 6.07) is 11.0. The Bertz CT molecular complexity index is 501. The van der Waals surface area contributed by atoms with Crippen molar-refractivity contribution in [3.8, 4) is 6.07 Å². The number of nitrogens with zero attached hydrogens (tertiary/aromatic N) is 3. The molecule has 1 N–H and O–H groups in total. The molecule has 0 radical (unpaired) electrons. The summed E-state index contributed by atoms with van der Waals surface area (Å²) in [6.45, 7) is 4.37. The van der Waals surface area contributed by atoms with E-state index >= 15 is 0 Å². The first-order valence-electron chi connectivity index (χ1n) is 7.94. The Kier molecular flexibility index (Phi) is 4.54. The molecular weight excluding hydrogens is 260 g/mol. The number of hydrogen-bond acceptors (Lipinski definition) is 4. The zero-order chi connectivity index (χ0) is 14.7. The lowest BCUT2D eigenvalue weighted by molar-refractivity contribution is 0.0100. The quantitative estimate of drug-likeness (QED) is 0.915. The topological polar surface area (TPSA) is 42.3 Å². The summed E-state index contributed by atoms with van der Waals surface area (Å²) in [6.07, 6.45) is 4.59. The van der Waals surface area contributed by atoms with Gasteiger partial charge in [0.2, 0.25) is 0 Å². The van der Waals surface area contributed by atoms with Crippen LogP contribution in [0.5, 0.6) is 0 Å². The Hall–Kier alpha value is -1.41. The van der Waals surface area contributed by atoms with E-state index in [0.29, 0.717) is 6.17 Å². The molecule has 1 saturated carbocycles. The van der Waals surface area contributed by atoms with Gasteiger partial charge in [-0.1, -0.05) is 18.6 Å². The van der Waals surface area contributed by atoms with Crippen LogP contribution in [0.3, 0.4) is 0 Å². The lowest BCUT2D eigenvalue weighted by Crippen LogP contribution is -2.60. The predicted octanol–water partition coefficient (Wildman–Crippen LogP) is 1.77. The third-order valence-corrected chi connectivity index (χ3v) is 4.92. The van der Waals surface area contributed by atoms with Gasteiger partial charge in [-0.25, -0.2) is 0 Å². The van der Waals surface area contributed by atoms with Crippen molar-refractivity contribution < 1.29 is 0 Å². The Morgan fingerprint density at radius 1 is 1.24 bits per heavy atom. The molecule has 1 unspecified atom stereocenters. The van der Waals surface area contributed by atoms with Crippen molar-refractivity contribution in [2.45, 2.75) is 38.0 Å². The minimum Gasteiger partial charge on any atom is -0.304 e. The average Bonchev–Trinajstić information content (AvgIpc) is 2.47. The van der Waals surface area contributed by atoms with Gasteiger partial charge in [-0.15, -0.1) is 0 Å². The SMILES string of the molecule is CNC1CN(C2CCC2)CCN1Cc1ccc(C#N)cc1. The number of piperazine rings is 1. The Labute approximate surface area is 127 Å². The van der Waals surface area contributed by atoms with E-state index in [9.17, 15) is 0 Å². The van der Waals surface area contributed by atoms with Crippen molar-refractivity contribution in [2.75, 3.05) is 26.7 Å². The van der Waals surface area contributed by atoms with Gasteiger partial charge in [0, 0.05) is 32.2 Å². The van der Waals surface area contributed by atoms with Gasteiger partial charge in [0.25, 0.3) is 0 Å². The molecule has 0 bridgehead atoms. The van der Waals surface area contributed by atoms with Crippen LogP contribution in [0, 0.1) is 11.3 Å². The second-order valence-corrected chi connectivity index (χ2v) is 6.16. The summed E-state index contributed by atoms with van der Waals surface area (Å²) in [5.41, 5.74) is 2.02. The van der Waals surface area contributed by atoms with Crippen molar-refractivity contribution in [3.63, 3.8) is 0 Å². The first-order chi connectivity index (χ1) is 10.3. The van der Waals surface area contributed by atoms with Crippen LogP contribution < -0.4 is 5.32 Å². The maximum Gasteiger partial charge on any atom is 0.0991 e. The highest BCUT2D eigenvalue weighted by atomic mass is 15.4. The smallest absolute Gasteiger partial charge is 0.0991 e.